The second-order valence-corrected chi connectivity index (χ2v) is 9.81. The molecule has 1 fully saturated rings. The lowest BCUT2D eigenvalue weighted by Gasteiger charge is -2.17. The zero-order chi connectivity index (χ0) is 23.7. The van der Waals surface area contributed by atoms with E-state index in [-0.39, 0.29) is 5.82 Å². The molecule has 1 saturated carbocycles. The van der Waals surface area contributed by atoms with Crippen LogP contribution in [0.4, 0.5) is 10.2 Å². The van der Waals surface area contributed by atoms with Crippen LogP contribution in [0.15, 0.2) is 54.2 Å². The molecule has 0 radical (unpaired) electrons. The Hall–Kier alpha value is -3.32. The van der Waals surface area contributed by atoms with Gasteiger partial charge in [-0.05, 0) is 71.3 Å². The highest BCUT2D eigenvalue weighted by Gasteiger charge is 2.52. The molecule has 0 aliphatic heterocycles. The van der Waals surface area contributed by atoms with Crippen LogP contribution in [0.5, 0.6) is 0 Å². The van der Waals surface area contributed by atoms with Gasteiger partial charge < -0.3 is 10.4 Å². The van der Waals surface area contributed by atoms with E-state index < -0.39 is 11.4 Å². The topological polar surface area (TPSA) is 75.1 Å². The number of nitrogens with one attached hydrogen (secondary N) is 1. The van der Waals surface area contributed by atoms with E-state index in [0.29, 0.717) is 36.3 Å². The summed E-state index contributed by atoms with van der Waals surface area (Å²) in [5.74, 6) is -0.203. The minimum absolute atomic E-state index is 0.172. The lowest BCUT2D eigenvalue weighted by Crippen LogP contribution is -2.21. The van der Waals surface area contributed by atoms with Crippen LogP contribution in [-0.2, 0) is 23.1 Å². The molecular formula is C27H26FN3O2S. The number of carboxylic acids is 1. The minimum atomic E-state index is -0.732. The monoisotopic (exact) mass is 475 g/mol. The molecule has 0 atom stereocenters. The zero-order valence-electron chi connectivity index (χ0n) is 19.0. The molecule has 34 heavy (non-hydrogen) atoms. The van der Waals surface area contributed by atoms with Crippen molar-refractivity contribution in [2.24, 2.45) is 0 Å². The number of carboxylic acid groups (broad SMARTS) is 1. The molecule has 2 aromatic heterocycles. The number of benzene rings is 2. The summed E-state index contributed by atoms with van der Waals surface area (Å²) >= 11 is 1.42. The van der Waals surface area contributed by atoms with Gasteiger partial charge in [-0.3, -0.25) is 4.79 Å². The zero-order valence-corrected chi connectivity index (χ0v) is 19.8. The van der Waals surface area contributed by atoms with Gasteiger partial charge in [-0.15, -0.1) is 11.3 Å². The van der Waals surface area contributed by atoms with Crippen molar-refractivity contribution in [3.63, 3.8) is 0 Å². The van der Waals surface area contributed by atoms with Crippen LogP contribution < -0.4 is 5.32 Å². The standard InChI is InChI=1S/C27H26FN3O2S/c1-2-3-18-14-19(4-5-21(18)27(8-9-27)26(32)33)23-15-24(31-16-30-23)29-10-6-17-12-20-7-11-34-25(20)22(28)13-17/h4-5,7,11-16H,2-3,6,8-10H2,1H3,(H,32,33)(H,29,30,31). The molecule has 2 N–H and O–H groups in total. The molecule has 0 bridgehead atoms. The van der Waals surface area contributed by atoms with Gasteiger partial charge in [0.2, 0.25) is 0 Å². The van der Waals surface area contributed by atoms with Gasteiger partial charge in [0, 0.05) is 18.2 Å². The average molecular weight is 476 g/mol. The van der Waals surface area contributed by atoms with Gasteiger partial charge in [0.25, 0.3) is 0 Å². The van der Waals surface area contributed by atoms with Crippen LogP contribution in [0.2, 0.25) is 0 Å². The van der Waals surface area contributed by atoms with Crippen molar-refractivity contribution in [1.29, 1.82) is 0 Å². The second kappa shape index (κ2) is 9.14. The number of aromatic nitrogens is 2. The summed E-state index contributed by atoms with van der Waals surface area (Å²) in [6.07, 6.45) is 5.38. The molecule has 7 heteroatoms. The van der Waals surface area contributed by atoms with E-state index in [0.717, 1.165) is 46.2 Å². The molecular weight excluding hydrogens is 449 g/mol. The van der Waals surface area contributed by atoms with Gasteiger partial charge in [-0.25, -0.2) is 14.4 Å². The first-order valence-electron chi connectivity index (χ1n) is 11.6. The summed E-state index contributed by atoms with van der Waals surface area (Å²) in [4.78, 5) is 20.6. The number of aryl methyl sites for hydroxylation is 1. The highest BCUT2D eigenvalue weighted by Crippen LogP contribution is 2.50. The van der Waals surface area contributed by atoms with Crippen LogP contribution in [0.3, 0.4) is 0 Å². The lowest BCUT2D eigenvalue weighted by molar-refractivity contribution is -0.140. The van der Waals surface area contributed by atoms with Crippen molar-refractivity contribution >= 4 is 33.2 Å². The van der Waals surface area contributed by atoms with Crippen LogP contribution >= 0.6 is 11.3 Å². The van der Waals surface area contributed by atoms with Crippen molar-refractivity contribution in [2.45, 2.75) is 44.4 Å². The summed E-state index contributed by atoms with van der Waals surface area (Å²) in [6.45, 7) is 2.72. The summed E-state index contributed by atoms with van der Waals surface area (Å²) in [6, 6.07) is 13.5. The van der Waals surface area contributed by atoms with Crippen molar-refractivity contribution < 1.29 is 14.3 Å². The summed E-state index contributed by atoms with van der Waals surface area (Å²) in [5, 5.41) is 15.9. The number of hydrogen-bond acceptors (Lipinski definition) is 5. The maximum atomic E-state index is 14.2. The van der Waals surface area contributed by atoms with Gasteiger partial charge >= 0.3 is 5.97 Å². The van der Waals surface area contributed by atoms with E-state index in [1.54, 1.807) is 6.07 Å². The average Bonchev–Trinajstić information content (AvgIpc) is 3.50. The smallest absolute Gasteiger partial charge is 0.314 e. The highest BCUT2D eigenvalue weighted by molar-refractivity contribution is 7.17. The Balaban J connectivity index is 1.32. The fraction of sp³-hybridized carbons (Fsp3) is 0.296. The largest absolute Gasteiger partial charge is 0.481 e. The molecule has 174 valence electrons. The van der Waals surface area contributed by atoms with E-state index >= 15 is 0 Å². The fourth-order valence-corrected chi connectivity index (χ4v) is 5.39. The number of halogens is 1. The van der Waals surface area contributed by atoms with Gasteiger partial charge in [0.05, 0.1) is 15.8 Å². The Morgan fingerprint density at radius 2 is 2.00 bits per heavy atom. The molecule has 1 aliphatic rings. The first kappa shape index (κ1) is 22.5. The first-order chi connectivity index (χ1) is 16.5. The number of hydrogen-bond donors (Lipinski definition) is 2. The van der Waals surface area contributed by atoms with E-state index in [1.807, 2.05) is 35.7 Å². The van der Waals surface area contributed by atoms with Gasteiger partial charge in [0.15, 0.2) is 0 Å². The van der Waals surface area contributed by atoms with E-state index in [1.165, 1.54) is 17.7 Å². The lowest BCUT2D eigenvalue weighted by atomic mass is 9.88. The predicted octanol–water partition coefficient (Wildman–Crippen LogP) is 6.22. The normalized spacial score (nSPS) is 14.3. The molecule has 0 amide bonds. The molecule has 4 aromatic rings. The Bertz CT molecular complexity index is 1360. The maximum absolute atomic E-state index is 14.2. The molecule has 5 nitrogen and oxygen atoms in total. The Morgan fingerprint density at radius 1 is 1.15 bits per heavy atom. The number of rotatable bonds is 9. The number of fused-ring (bicyclic) bond motifs is 1. The van der Waals surface area contributed by atoms with E-state index in [4.69, 9.17) is 0 Å². The molecule has 1 aliphatic carbocycles. The van der Waals surface area contributed by atoms with Crippen LogP contribution in [0.25, 0.3) is 21.3 Å². The Kier molecular flexibility index (Phi) is 6.04. The molecule has 0 saturated heterocycles. The number of nitrogens with zero attached hydrogens (tertiary/aromatic N) is 2. The van der Waals surface area contributed by atoms with Crippen LogP contribution in [0, 0.1) is 5.82 Å². The number of thiophene rings is 1. The summed E-state index contributed by atoms with van der Waals surface area (Å²) in [7, 11) is 0. The molecule has 2 aromatic carbocycles. The third kappa shape index (κ3) is 4.28. The Morgan fingerprint density at radius 3 is 2.76 bits per heavy atom. The van der Waals surface area contributed by atoms with Crippen molar-refractivity contribution in [3.05, 3.63) is 76.7 Å². The van der Waals surface area contributed by atoms with Gasteiger partial charge in [0.1, 0.15) is 18.0 Å². The van der Waals surface area contributed by atoms with E-state index in [9.17, 15) is 14.3 Å². The summed E-state index contributed by atoms with van der Waals surface area (Å²) < 4.78 is 14.9. The van der Waals surface area contributed by atoms with Crippen molar-refractivity contribution in [1.82, 2.24) is 9.97 Å². The third-order valence-electron chi connectivity index (χ3n) is 6.55. The SMILES string of the molecule is CCCc1cc(-c2cc(NCCc3cc(F)c4sccc4c3)ncn2)ccc1C1(C(=O)O)CC1. The molecule has 5 rings (SSSR count). The third-order valence-corrected chi connectivity index (χ3v) is 7.49. The van der Waals surface area contributed by atoms with Gasteiger partial charge in [-0.2, -0.15) is 0 Å². The predicted molar refractivity (Wildman–Crippen MR) is 134 cm³/mol. The van der Waals surface area contributed by atoms with Crippen molar-refractivity contribution in [2.75, 3.05) is 11.9 Å². The minimum Gasteiger partial charge on any atom is -0.481 e. The maximum Gasteiger partial charge on any atom is 0.314 e. The van der Waals surface area contributed by atoms with Crippen LogP contribution in [-0.4, -0.2) is 27.6 Å². The quantitative estimate of drug-likeness (QED) is 0.301. The molecule has 2 heterocycles. The number of anilines is 1. The first-order valence-corrected chi connectivity index (χ1v) is 12.5. The number of aliphatic carboxylic acids is 1. The fourth-order valence-electron chi connectivity index (χ4n) is 4.61. The van der Waals surface area contributed by atoms with Gasteiger partial charge in [-0.1, -0.05) is 31.5 Å². The number of carbonyl (C=O) groups is 1. The highest BCUT2D eigenvalue weighted by atomic mass is 32.1. The Labute approximate surface area is 201 Å². The summed E-state index contributed by atoms with van der Waals surface area (Å²) in [5.41, 5.74) is 3.98. The second-order valence-electron chi connectivity index (χ2n) is 8.89. The van der Waals surface area contributed by atoms with Crippen LogP contribution in [0.1, 0.15) is 42.9 Å². The van der Waals surface area contributed by atoms with Crippen molar-refractivity contribution in [3.8, 4) is 11.3 Å². The molecule has 0 spiro atoms. The molecule has 0 unspecified atom stereocenters. The van der Waals surface area contributed by atoms with E-state index in [2.05, 4.69) is 28.3 Å².